The lowest BCUT2D eigenvalue weighted by Crippen LogP contribution is -2.24. The molecule has 2 aromatic rings. The van der Waals surface area contributed by atoms with Gasteiger partial charge in [0.25, 0.3) is 0 Å². The van der Waals surface area contributed by atoms with Gasteiger partial charge in [0.1, 0.15) is 0 Å². The molecule has 0 unspecified atom stereocenters. The normalized spacial score (nSPS) is 17.0. The van der Waals surface area contributed by atoms with E-state index in [4.69, 9.17) is 0 Å². The Morgan fingerprint density at radius 2 is 2.00 bits per heavy atom. The Balaban J connectivity index is 1.88. The van der Waals surface area contributed by atoms with Crippen LogP contribution in [0.2, 0.25) is 0 Å². The predicted octanol–water partition coefficient (Wildman–Crippen LogP) is 3.58. The number of fused-ring (bicyclic) bond motifs is 1. The first-order valence-electron chi connectivity index (χ1n) is 9.98. The molecule has 2 heterocycles. The third-order valence-electron chi connectivity index (χ3n) is 5.31. The minimum atomic E-state index is -0.0472. The van der Waals surface area contributed by atoms with Gasteiger partial charge in [-0.1, -0.05) is 26.2 Å². The van der Waals surface area contributed by atoms with Gasteiger partial charge in [0.15, 0.2) is 17.0 Å². The van der Waals surface area contributed by atoms with E-state index in [-0.39, 0.29) is 18.7 Å². The van der Waals surface area contributed by atoms with Gasteiger partial charge in [0, 0.05) is 12.6 Å². The number of anilines is 2. The van der Waals surface area contributed by atoms with Gasteiger partial charge in [-0.3, -0.25) is 0 Å². The third kappa shape index (κ3) is 4.26. The second kappa shape index (κ2) is 8.66. The summed E-state index contributed by atoms with van der Waals surface area (Å²) >= 11 is 0. The predicted molar refractivity (Wildman–Crippen MR) is 106 cm³/mol. The van der Waals surface area contributed by atoms with Gasteiger partial charge in [0.2, 0.25) is 5.95 Å². The van der Waals surface area contributed by atoms with Crippen LogP contribution in [0, 0.1) is 5.92 Å². The first-order chi connectivity index (χ1) is 12.6. The summed E-state index contributed by atoms with van der Waals surface area (Å²) in [6.07, 6.45) is 9.24. The minimum Gasteiger partial charge on any atom is -0.394 e. The van der Waals surface area contributed by atoms with E-state index in [1.54, 1.807) is 0 Å². The minimum absolute atomic E-state index is 0.0472. The largest absolute Gasteiger partial charge is 0.394 e. The van der Waals surface area contributed by atoms with Gasteiger partial charge in [-0.05, 0) is 39.0 Å². The molecular formula is C19H32N6O. The fraction of sp³-hybridized carbons (Fsp3) is 0.737. The average molecular weight is 361 g/mol. The summed E-state index contributed by atoms with van der Waals surface area (Å²) in [5.74, 6) is 2.04. The zero-order valence-corrected chi connectivity index (χ0v) is 16.2. The summed E-state index contributed by atoms with van der Waals surface area (Å²) in [4.78, 5) is 13.9. The van der Waals surface area contributed by atoms with Crippen LogP contribution in [0.4, 0.5) is 11.8 Å². The second-order valence-electron chi connectivity index (χ2n) is 7.63. The molecule has 0 amide bonds. The van der Waals surface area contributed by atoms with Crippen LogP contribution in [0.5, 0.6) is 0 Å². The highest BCUT2D eigenvalue weighted by atomic mass is 16.3. The number of nitrogens with one attached hydrogen (secondary N) is 2. The van der Waals surface area contributed by atoms with Crippen molar-refractivity contribution in [3.8, 4) is 0 Å². The van der Waals surface area contributed by atoms with Crippen LogP contribution in [0.3, 0.4) is 0 Å². The van der Waals surface area contributed by atoms with Gasteiger partial charge >= 0.3 is 0 Å². The molecule has 3 rings (SSSR count). The molecule has 0 radical (unpaired) electrons. The number of nitrogens with zero attached hydrogens (tertiary/aromatic N) is 4. The number of imidazole rings is 1. The number of aliphatic hydroxyl groups excluding tert-OH is 1. The summed E-state index contributed by atoms with van der Waals surface area (Å²) < 4.78 is 2.06. The fourth-order valence-electron chi connectivity index (χ4n) is 3.57. The van der Waals surface area contributed by atoms with Crippen LogP contribution < -0.4 is 10.6 Å². The van der Waals surface area contributed by atoms with Crippen molar-refractivity contribution in [2.75, 3.05) is 23.8 Å². The Morgan fingerprint density at radius 1 is 1.23 bits per heavy atom. The van der Waals surface area contributed by atoms with Gasteiger partial charge in [0.05, 0.1) is 19.0 Å². The molecule has 1 fully saturated rings. The van der Waals surface area contributed by atoms with Crippen LogP contribution in [-0.4, -0.2) is 43.8 Å². The van der Waals surface area contributed by atoms with Gasteiger partial charge in [-0.2, -0.15) is 9.97 Å². The average Bonchev–Trinajstić information content (AvgIpc) is 3.09. The third-order valence-corrected chi connectivity index (χ3v) is 5.31. The van der Waals surface area contributed by atoms with E-state index in [1.807, 2.05) is 13.3 Å². The van der Waals surface area contributed by atoms with E-state index < -0.39 is 0 Å². The Morgan fingerprint density at radius 3 is 2.65 bits per heavy atom. The topological polar surface area (TPSA) is 87.9 Å². The van der Waals surface area contributed by atoms with Crippen molar-refractivity contribution in [3.05, 3.63) is 6.33 Å². The van der Waals surface area contributed by atoms with Crippen molar-refractivity contribution in [2.24, 2.45) is 5.92 Å². The lowest BCUT2D eigenvalue weighted by molar-refractivity contribution is 0.271. The molecule has 1 aliphatic rings. The zero-order valence-electron chi connectivity index (χ0n) is 16.2. The zero-order chi connectivity index (χ0) is 18.5. The molecule has 26 heavy (non-hydrogen) atoms. The number of aromatic nitrogens is 4. The summed E-state index contributed by atoms with van der Waals surface area (Å²) in [5.41, 5.74) is 1.65. The van der Waals surface area contributed by atoms with E-state index in [2.05, 4.69) is 44.0 Å². The Kier molecular flexibility index (Phi) is 6.29. The SMILES string of the molecule is CC[C@H](CO)Nc1nc(NCC2CCCCC2)c2ncn(C(C)C)c2n1. The van der Waals surface area contributed by atoms with E-state index in [0.29, 0.717) is 11.9 Å². The molecule has 1 atom stereocenters. The smallest absolute Gasteiger partial charge is 0.227 e. The van der Waals surface area contributed by atoms with Crippen LogP contribution in [0.25, 0.3) is 11.2 Å². The molecule has 1 saturated carbocycles. The van der Waals surface area contributed by atoms with Crippen LogP contribution >= 0.6 is 0 Å². The molecule has 0 spiro atoms. The summed E-state index contributed by atoms with van der Waals surface area (Å²) in [7, 11) is 0. The van der Waals surface area contributed by atoms with Crippen molar-refractivity contribution >= 4 is 22.9 Å². The van der Waals surface area contributed by atoms with E-state index in [9.17, 15) is 5.11 Å². The molecule has 7 heteroatoms. The molecule has 3 N–H and O–H groups in total. The Hall–Kier alpha value is -1.89. The van der Waals surface area contributed by atoms with Crippen molar-refractivity contribution in [2.45, 2.75) is 71.4 Å². The quantitative estimate of drug-likeness (QED) is 0.667. The summed E-state index contributed by atoms with van der Waals surface area (Å²) in [6.45, 7) is 7.26. The molecule has 0 aliphatic heterocycles. The van der Waals surface area contributed by atoms with Crippen LogP contribution in [0.15, 0.2) is 6.33 Å². The lowest BCUT2D eigenvalue weighted by atomic mass is 9.89. The number of hydrogen-bond acceptors (Lipinski definition) is 6. The fourth-order valence-corrected chi connectivity index (χ4v) is 3.57. The number of hydrogen-bond donors (Lipinski definition) is 3. The molecule has 0 aromatic carbocycles. The Labute approximate surface area is 155 Å². The van der Waals surface area contributed by atoms with Crippen LogP contribution in [0.1, 0.15) is 65.3 Å². The lowest BCUT2D eigenvalue weighted by Gasteiger charge is -2.22. The van der Waals surface area contributed by atoms with Gasteiger partial charge < -0.3 is 20.3 Å². The molecule has 144 valence electrons. The highest BCUT2D eigenvalue weighted by Crippen LogP contribution is 2.27. The maximum Gasteiger partial charge on any atom is 0.227 e. The summed E-state index contributed by atoms with van der Waals surface area (Å²) in [6, 6.07) is 0.225. The first kappa shape index (κ1) is 18.9. The number of aliphatic hydroxyl groups is 1. The van der Waals surface area contributed by atoms with Crippen molar-refractivity contribution in [1.82, 2.24) is 19.5 Å². The molecule has 7 nitrogen and oxygen atoms in total. The van der Waals surface area contributed by atoms with Crippen LogP contribution in [-0.2, 0) is 0 Å². The van der Waals surface area contributed by atoms with Gasteiger partial charge in [-0.15, -0.1) is 0 Å². The van der Waals surface area contributed by atoms with Crippen molar-refractivity contribution in [3.63, 3.8) is 0 Å². The molecule has 2 aromatic heterocycles. The maximum atomic E-state index is 9.50. The maximum absolute atomic E-state index is 9.50. The van der Waals surface area contributed by atoms with E-state index in [0.717, 1.165) is 29.9 Å². The molecule has 0 bridgehead atoms. The highest BCUT2D eigenvalue weighted by Gasteiger charge is 2.18. The van der Waals surface area contributed by atoms with Gasteiger partial charge in [-0.25, -0.2) is 4.98 Å². The molecule has 1 aliphatic carbocycles. The standard InChI is InChI=1S/C19H32N6O/c1-4-15(11-26)22-19-23-17(20-10-14-8-6-5-7-9-14)16-18(24-19)25(12-21-16)13(2)3/h12-15,26H,4-11H2,1-3H3,(H2,20,22,23,24)/t15-/m1/s1. The molecular weight excluding hydrogens is 328 g/mol. The van der Waals surface area contributed by atoms with E-state index >= 15 is 0 Å². The van der Waals surface area contributed by atoms with E-state index in [1.165, 1.54) is 32.1 Å². The number of rotatable bonds is 8. The Bertz CT molecular complexity index is 703. The van der Waals surface area contributed by atoms with Crippen molar-refractivity contribution < 1.29 is 5.11 Å². The monoisotopic (exact) mass is 360 g/mol. The molecule has 0 saturated heterocycles. The highest BCUT2D eigenvalue weighted by molar-refractivity contribution is 5.84. The summed E-state index contributed by atoms with van der Waals surface area (Å²) in [5, 5.41) is 16.3. The first-order valence-corrected chi connectivity index (χ1v) is 9.98. The second-order valence-corrected chi connectivity index (χ2v) is 7.63. The van der Waals surface area contributed by atoms with Crippen molar-refractivity contribution in [1.29, 1.82) is 0 Å².